The van der Waals surface area contributed by atoms with Crippen LogP contribution in [0.4, 0.5) is 0 Å². The minimum absolute atomic E-state index is 0.283. The molecule has 6 atom stereocenters. The summed E-state index contributed by atoms with van der Waals surface area (Å²) >= 11 is 0. The van der Waals surface area contributed by atoms with E-state index in [4.69, 9.17) is 0 Å². The second-order valence-corrected chi connectivity index (χ2v) is 10.9. The van der Waals surface area contributed by atoms with E-state index in [1.165, 1.54) is 49.7 Å². The summed E-state index contributed by atoms with van der Waals surface area (Å²) in [5.74, 6) is 2.76. The van der Waals surface area contributed by atoms with Gasteiger partial charge < -0.3 is 5.32 Å². The quantitative estimate of drug-likeness (QED) is 0.648. The first kappa shape index (κ1) is 18.5. The maximum atomic E-state index is 12.0. The van der Waals surface area contributed by atoms with Gasteiger partial charge in [0.1, 0.15) is 0 Å². The molecule has 4 aliphatic rings. The van der Waals surface area contributed by atoms with Crippen molar-refractivity contribution in [3.63, 3.8) is 0 Å². The normalized spacial score (nSPS) is 43.8. The van der Waals surface area contributed by atoms with Gasteiger partial charge >= 0.3 is 0 Å². The van der Waals surface area contributed by atoms with Crippen molar-refractivity contribution in [2.75, 3.05) is 0 Å². The summed E-state index contributed by atoms with van der Waals surface area (Å²) < 4.78 is 0. The molecule has 1 N–H and O–H groups in total. The van der Waals surface area contributed by atoms with Crippen LogP contribution in [0.25, 0.3) is 6.08 Å². The molecule has 3 aliphatic carbocycles. The third-order valence-electron chi connectivity index (χ3n) is 9.17. The van der Waals surface area contributed by atoms with Gasteiger partial charge in [-0.2, -0.15) is 0 Å². The largest absolute Gasteiger partial charge is 0.353 e. The molecule has 0 aromatic heterocycles. The van der Waals surface area contributed by atoms with Gasteiger partial charge in [-0.25, -0.2) is 0 Å². The number of benzene rings is 1. The maximum Gasteiger partial charge on any atom is 0.220 e. The number of carbonyl (C=O) groups is 1. The molecule has 4 fully saturated rings. The Morgan fingerprint density at radius 3 is 2.61 bits per heavy atom. The lowest BCUT2D eigenvalue weighted by Gasteiger charge is -2.59. The Morgan fingerprint density at radius 1 is 1.04 bits per heavy atom. The minimum atomic E-state index is 0.283. The number of piperidine rings is 1. The summed E-state index contributed by atoms with van der Waals surface area (Å²) in [7, 11) is 0. The van der Waals surface area contributed by atoms with Crippen molar-refractivity contribution in [3.05, 3.63) is 41.0 Å². The van der Waals surface area contributed by atoms with Crippen LogP contribution < -0.4 is 5.32 Å². The molecule has 1 saturated heterocycles. The van der Waals surface area contributed by atoms with Crippen LogP contribution in [0.3, 0.4) is 0 Å². The number of fused-ring (bicyclic) bond motifs is 5. The lowest BCUT2D eigenvalue weighted by Crippen LogP contribution is -2.60. The number of nitrogens with one attached hydrogen (secondary N) is 1. The first-order valence-electron chi connectivity index (χ1n) is 11.4. The first-order chi connectivity index (χ1) is 13.4. The summed E-state index contributed by atoms with van der Waals surface area (Å²) in [6, 6.07) is 9.42. The molecule has 2 heteroatoms. The zero-order valence-corrected chi connectivity index (χ0v) is 17.8. The van der Waals surface area contributed by atoms with E-state index < -0.39 is 0 Å². The topological polar surface area (TPSA) is 29.1 Å². The molecule has 150 valence electrons. The molecule has 3 saturated carbocycles. The van der Waals surface area contributed by atoms with E-state index in [2.05, 4.69) is 56.4 Å². The molecule has 0 radical (unpaired) electrons. The van der Waals surface area contributed by atoms with Gasteiger partial charge in [0.2, 0.25) is 5.91 Å². The average molecular weight is 378 g/mol. The van der Waals surface area contributed by atoms with Gasteiger partial charge in [-0.1, -0.05) is 55.3 Å². The van der Waals surface area contributed by atoms with E-state index in [1.807, 2.05) is 0 Å². The molecule has 1 unspecified atom stereocenters. The van der Waals surface area contributed by atoms with E-state index in [1.54, 1.807) is 5.57 Å². The standard InChI is InChI=1S/C26H35NO/c1-17-4-6-18(7-5-17)14-19-15-22-20-8-9-23-26(3,13-11-24(28)27-23)21(20)10-12-25(22,2)16-19/h4-7,14,20-23H,8-13,15-16H2,1-3H3,(H,27,28)/t20-,21-,22+,23?,25-,26-/m1/s1. The van der Waals surface area contributed by atoms with Gasteiger partial charge in [-0.3, -0.25) is 4.79 Å². The molecule has 2 nitrogen and oxygen atoms in total. The Morgan fingerprint density at radius 2 is 1.82 bits per heavy atom. The van der Waals surface area contributed by atoms with Crippen LogP contribution in [-0.2, 0) is 4.79 Å². The van der Waals surface area contributed by atoms with Gasteiger partial charge in [-0.05, 0) is 86.0 Å². The molecule has 1 amide bonds. The number of hydrogen-bond donors (Lipinski definition) is 1. The monoisotopic (exact) mass is 377 g/mol. The highest BCUT2D eigenvalue weighted by Gasteiger charge is 2.58. The Hall–Kier alpha value is -1.57. The lowest BCUT2D eigenvalue weighted by atomic mass is 9.48. The number of amides is 1. The molecular weight excluding hydrogens is 342 g/mol. The Balaban J connectivity index is 1.40. The minimum Gasteiger partial charge on any atom is -0.353 e. The van der Waals surface area contributed by atoms with E-state index in [0.29, 0.717) is 16.9 Å². The van der Waals surface area contributed by atoms with Crippen molar-refractivity contribution in [2.45, 2.75) is 78.2 Å². The Bertz CT molecular complexity index is 808. The SMILES string of the molecule is Cc1ccc(C=C2C[C@H]3[C@@H]4CCC5NC(=O)CC[C@]5(C)[C@@H]4CC[C@]3(C)C2)cc1. The van der Waals surface area contributed by atoms with Gasteiger partial charge in [0.15, 0.2) is 0 Å². The summed E-state index contributed by atoms with van der Waals surface area (Å²) in [6.07, 6.45) is 12.1. The number of carbonyl (C=O) groups excluding carboxylic acids is 1. The molecule has 1 aromatic rings. The van der Waals surface area contributed by atoms with Crippen LogP contribution in [-0.4, -0.2) is 11.9 Å². The highest BCUT2D eigenvalue weighted by Crippen LogP contribution is 2.65. The Labute approximate surface area is 170 Å². The van der Waals surface area contributed by atoms with Gasteiger partial charge in [-0.15, -0.1) is 0 Å². The number of allylic oxidation sites excluding steroid dienone is 1. The molecule has 1 aliphatic heterocycles. The maximum absolute atomic E-state index is 12.0. The summed E-state index contributed by atoms with van der Waals surface area (Å²) in [4.78, 5) is 12.0. The van der Waals surface area contributed by atoms with E-state index in [-0.39, 0.29) is 5.91 Å². The number of rotatable bonds is 1. The molecule has 1 aromatic carbocycles. The van der Waals surface area contributed by atoms with Crippen LogP contribution in [0.1, 0.15) is 76.3 Å². The average Bonchev–Trinajstić information content (AvgIpc) is 3.00. The molecule has 5 rings (SSSR count). The van der Waals surface area contributed by atoms with Crippen molar-refractivity contribution < 1.29 is 4.79 Å². The van der Waals surface area contributed by atoms with Crippen molar-refractivity contribution in [3.8, 4) is 0 Å². The fourth-order valence-electron chi connectivity index (χ4n) is 7.60. The highest BCUT2D eigenvalue weighted by molar-refractivity contribution is 5.77. The van der Waals surface area contributed by atoms with Crippen molar-refractivity contribution in [1.29, 1.82) is 0 Å². The summed E-state index contributed by atoms with van der Waals surface area (Å²) in [5, 5.41) is 3.36. The molecular formula is C26H35NO. The van der Waals surface area contributed by atoms with E-state index in [9.17, 15) is 4.79 Å². The zero-order valence-electron chi connectivity index (χ0n) is 17.8. The molecule has 28 heavy (non-hydrogen) atoms. The second kappa shape index (κ2) is 6.47. The van der Waals surface area contributed by atoms with Crippen molar-refractivity contribution in [1.82, 2.24) is 5.32 Å². The van der Waals surface area contributed by atoms with Crippen LogP contribution in [0.2, 0.25) is 0 Å². The van der Waals surface area contributed by atoms with Gasteiger partial charge in [0, 0.05) is 12.5 Å². The lowest BCUT2D eigenvalue weighted by molar-refractivity contribution is -0.135. The fourth-order valence-corrected chi connectivity index (χ4v) is 7.60. The summed E-state index contributed by atoms with van der Waals surface area (Å²) in [5.41, 5.74) is 5.17. The van der Waals surface area contributed by atoms with E-state index >= 15 is 0 Å². The zero-order chi connectivity index (χ0) is 19.5. The number of aryl methyl sites for hydroxylation is 1. The third kappa shape index (κ3) is 2.86. The third-order valence-corrected chi connectivity index (χ3v) is 9.17. The van der Waals surface area contributed by atoms with E-state index in [0.717, 1.165) is 30.6 Å². The molecule has 0 spiro atoms. The highest BCUT2D eigenvalue weighted by atomic mass is 16.1. The summed E-state index contributed by atoms with van der Waals surface area (Å²) in [6.45, 7) is 7.22. The molecule has 1 heterocycles. The first-order valence-corrected chi connectivity index (χ1v) is 11.4. The van der Waals surface area contributed by atoms with Crippen LogP contribution >= 0.6 is 0 Å². The van der Waals surface area contributed by atoms with Gasteiger partial charge in [0.05, 0.1) is 0 Å². The molecule has 0 bridgehead atoms. The number of hydrogen-bond acceptors (Lipinski definition) is 1. The Kier molecular flexibility index (Phi) is 4.27. The van der Waals surface area contributed by atoms with Crippen LogP contribution in [0.5, 0.6) is 0 Å². The van der Waals surface area contributed by atoms with Crippen LogP contribution in [0.15, 0.2) is 29.8 Å². The smallest absolute Gasteiger partial charge is 0.220 e. The van der Waals surface area contributed by atoms with Crippen LogP contribution in [0, 0.1) is 35.5 Å². The van der Waals surface area contributed by atoms with Gasteiger partial charge in [0.25, 0.3) is 0 Å². The van der Waals surface area contributed by atoms with Crippen molar-refractivity contribution in [2.24, 2.45) is 28.6 Å². The predicted octanol–water partition coefficient (Wildman–Crippen LogP) is 5.90. The van der Waals surface area contributed by atoms with Crippen molar-refractivity contribution >= 4 is 12.0 Å². The fraction of sp³-hybridized carbons (Fsp3) is 0.654. The predicted molar refractivity (Wildman–Crippen MR) is 115 cm³/mol. The second-order valence-electron chi connectivity index (χ2n) is 10.9.